The number of benzene rings is 6. The maximum absolute atomic E-state index is 4.28. The molecule has 0 aliphatic heterocycles. The third-order valence-electron chi connectivity index (χ3n) is 8.63. The first-order valence-electron chi connectivity index (χ1n) is 15.0. The lowest BCUT2D eigenvalue weighted by atomic mass is 9.81. The van der Waals surface area contributed by atoms with E-state index in [4.69, 9.17) is 0 Å². The maximum atomic E-state index is 4.28. The van der Waals surface area contributed by atoms with Crippen molar-refractivity contribution in [2.75, 3.05) is 0 Å². The van der Waals surface area contributed by atoms with E-state index in [1.165, 1.54) is 44.2 Å². The van der Waals surface area contributed by atoms with E-state index in [9.17, 15) is 0 Å². The van der Waals surface area contributed by atoms with E-state index < -0.39 is 0 Å². The highest BCUT2D eigenvalue weighted by Gasteiger charge is 2.20. The van der Waals surface area contributed by atoms with Gasteiger partial charge < -0.3 is 0 Å². The monoisotopic (exact) mass is 564 g/mol. The van der Waals surface area contributed by atoms with Gasteiger partial charge in [-0.3, -0.25) is 0 Å². The molecule has 0 N–H and O–H groups in total. The highest BCUT2D eigenvalue weighted by atomic mass is 14.2. The molecule has 0 heteroatoms. The van der Waals surface area contributed by atoms with Gasteiger partial charge >= 0.3 is 0 Å². The average molecular weight is 565 g/mol. The molecule has 0 atom stereocenters. The first-order valence-corrected chi connectivity index (χ1v) is 15.0. The fraction of sp³-hybridized carbons (Fsp3) is 0.0455. The van der Waals surface area contributed by atoms with Crippen molar-refractivity contribution in [2.24, 2.45) is 0 Å². The highest BCUT2D eigenvalue weighted by Crippen LogP contribution is 2.44. The van der Waals surface area contributed by atoms with Gasteiger partial charge in [-0.1, -0.05) is 166 Å². The average Bonchev–Trinajstić information content (AvgIpc) is 3.07. The molecule has 0 saturated heterocycles. The molecule has 0 unspecified atom stereocenters. The third kappa shape index (κ3) is 5.06. The molecule has 0 fully saturated rings. The van der Waals surface area contributed by atoms with Crippen molar-refractivity contribution in [3.63, 3.8) is 0 Å². The summed E-state index contributed by atoms with van der Waals surface area (Å²) in [6.45, 7) is 18.9. The normalized spacial score (nSPS) is 10.8. The summed E-state index contributed by atoms with van der Waals surface area (Å²) in [6, 6.07) is 41.3. The van der Waals surface area contributed by atoms with Crippen LogP contribution >= 0.6 is 0 Å². The van der Waals surface area contributed by atoms with E-state index in [1.54, 1.807) is 0 Å². The lowest BCUT2D eigenvalue weighted by Gasteiger charge is -2.22. The molecule has 44 heavy (non-hydrogen) atoms. The van der Waals surface area contributed by atoms with Crippen molar-refractivity contribution in [1.82, 2.24) is 0 Å². The molecule has 0 amide bonds. The molecule has 6 aromatic rings. The Morgan fingerprint density at radius 1 is 0.477 bits per heavy atom. The smallest absolute Gasteiger partial charge is 0.00196 e. The molecule has 212 valence electrons. The summed E-state index contributed by atoms with van der Waals surface area (Å²) in [5, 5.41) is 2.35. The van der Waals surface area contributed by atoms with Crippen molar-refractivity contribution in [2.45, 2.75) is 13.3 Å². The van der Waals surface area contributed by atoms with Gasteiger partial charge in [0.25, 0.3) is 0 Å². The minimum atomic E-state index is 0.862. The van der Waals surface area contributed by atoms with Crippen LogP contribution < -0.4 is 0 Å². The predicted octanol–water partition coefficient (Wildman–Crippen LogP) is 12.3. The molecule has 0 aliphatic carbocycles. The number of hydrogen-bond donors (Lipinski definition) is 0. The molecule has 0 aromatic heterocycles. The number of aryl methyl sites for hydroxylation is 1. The Bertz CT molecular complexity index is 2050. The van der Waals surface area contributed by atoms with Gasteiger partial charge in [-0.05, 0) is 96.4 Å². The van der Waals surface area contributed by atoms with Crippen LogP contribution in [0.3, 0.4) is 0 Å². The Balaban J connectivity index is 1.49. The molecule has 0 aliphatic rings. The van der Waals surface area contributed by atoms with Crippen molar-refractivity contribution >= 4 is 35.1 Å². The quantitative estimate of drug-likeness (QED) is 0.164. The highest BCUT2D eigenvalue weighted by molar-refractivity contribution is 6.12. The zero-order chi connectivity index (χ0) is 30.6. The van der Waals surface area contributed by atoms with Gasteiger partial charge in [-0.15, -0.1) is 0 Å². The van der Waals surface area contributed by atoms with E-state index >= 15 is 0 Å². The Morgan fingerprint density at radius 2 is 1.05 bits per heavy atom. The molecule has 0 spiro atoms. The Hall–Kier alpha value is -5.46. The summed E-state index contributed by atoms with van der Waals surface area (Å²) >= 11 is 0. The van der Waals surface area contributed by atoms with E-state index in [0.717, 1.165) is 45.4 Å². The van der Waals surface area contributed by atoms with E-state index in [0.29, 0.717) is 0 Å². The van der Waals surface area contributed by atoms with Crippen LogP contribution in [0.1, 0.15) is 38.9 Å². The number of hydrogen-bond acceptors (Lipinski definition) is 0. The summed E-state index contributed by atoms with van der Waals surface area (Å²) in [7, 11) is 0. The molecular weight excluding hydrogens is 528 g/mol. The lowest BCUT2D eigenvalue weighted by Crippen LogP contribution is -1.98. The van der Waals surface area contributed by atoms with Crippen LogP contribution in [0.15, 0.2) is 142 Å². The molecular formula is C44H36. The zero-order valence-electron chi connectivity index (χ0n) is 25.3. The molecule has 6 rings (SSSR count). The van der Waals surface area contributed by atoms with Gasteiger partial charge in [0.2, 0.25) is 0 Å². The summed E-state index contributed by atoms with van der Waals surface area (Å²) in [4.78, 5) is 0. The molecule has 0 nitrogen and oxygen atoms in total. The van der Waals surface area contributed by atoms with E-state index in [2.05, 4.69) is 149 Å². The first-order chi connectivity index (χ1) is 21.6. The van der Waals surface area contributed by atoms with Crippen molar-refractivity contribution in [1.29, 1.82) is 0 Å². The summed E-state index contributed by atoms with van der Waals surface area (Å²) < 4.78 is 0. The van der Waals surface area contributed by atoms with E-state index in [1.807, 2.05) is 24.3 Å². The molecule has 0 bridgehead atoms. The topological polar surface area (TPSA) is 0 Å². The van der Waals surface area contributed by atoms with Crippen LogP contribution in [0.4, 0.5) is 0 Å². The van der Waals surface area contributed by atoms with Gasteiger partial charge in [0.15, 0.2) is 0 Å². The maximum Gasteiger partial charge on any atom is -0.00196 e. The lowest BCUT2D eigenvalue weighted by molar-refractivity contribution is 1.19. The van der Waals surface area contributed by atoms with Crippen molar-refractivity contribution in [3.8, 4) is 33.4 Å². The second kappa shape index (κ2) is 12.4. The Kier molecular flexibility index (Phi) is 8.08. The van der Waals surface area contributed by atoms with Crippen LogP contribution in [-0.4, -0.2) is 0 Å². The van der Waals surface area contributed by atoms with Crippen LogP contribution in [0.25, 0.3) is 68.5 Å². The molecule has 0 radical (unpaired) electrons. The Labute approximate surface area is 261 Å². The second-order valence-corrected chi connectivity index (χ2v) is 11.1. The van der Waals surface area contributed by atoms with Crippen molar-refractivity contribution in [3.05, 3.63) is 181 Å². The van der Waals surface area contributed by atoms with Gasteiger partial charge in [0.05, 0.1) is 0 Å². The number of rotatable bonds is 9. The van der Waals surface area contributed by atoms with Gasteiger partial charge in [-0.2, -0.15) is 0 Å². The number of fused-ring (bicyclic) bond motifs is 1. The first kappa shape index (κ1) is 28.6. The largest absolute Gasteiger partial charge is 0.0984 e. The fourth-order valence-electron chi connectivity index (χ4n) is 6.53. The fourth-order valence-corrected chi connectivity index (χ4v) is 6.53. The van der Waals surface area contributed by atoms with Gasteiger partial charge in [-0.25, -0.2) is 0 Å². The minimum Gasteiger partial charge on any atom is -0.0984 e. The molecule has 0 saturated carbocycles. The Morgan fingerprint density at radius 3 is 1.70 bits per heavy atom. The zero-order valence-corrected chi connectivity index (χ0v) is 25.3. The third-order valence-corrected chi connectivity index (χ3v) is 8.63. The van der Waals surface area contributed by atoms with Crippen molar-refractivity contribution < 1.29 is 0 Å². The van der Waals surface area contributed by atoms with Crippen LogP contribution in [0, 0.1) is 6.92 Å². The molecule has 0 heterocycles. The van der Waals surface area contributed by atoms with Gasteiger partial charge in [0.1, 0.15) is 0 Å². The molecule has 6 aromatic carbocycles. The SMILES string of the molecule is C=Cc1cccc(-c2c(C=C)c(C=C)c(-c3ccc(Cc4ccccc4-c4ccccc4C)cc3)c3ccccc23)c1C=C. The van der Waals surface area contributed by atoms with Crippen LogP contribution in [0.5, 0.6) is 0 Å². The van der Waals surface area contributed by atoms with Crippen LogP contribution in [-0.2, 0) is 6.42 Å². The second-order valence-electron chi connectivity index (χ2n) is 11.1. The summed E-state index contributed by atoms with van der Waals surface area (Å²) in [6.07, 6.45) is 8.61. The van der Waals surface area contributed by atoms with Crippen LogP contribution in [0.2, 0.25) is 0 Å². The standard InChI is InChI=1S/C44H36/c1-6-32-19-16-24-40(35(32)7-2)44-37(9-4)36(8-3)43(41-22-14-15-23-42(41)44)33-27-25-31(26-28-33)29-34-18-11-13-21-39(34)38-20-12-10-17-30(38)5/h6-28H,1-4,29H2,5H3. The summed E-state index contributed by atoms with van der Waals surface area (Å²) in [5.74, 6) is 0. The van der Waals surface area contributed by atoms with E-state index in [-0.39, 0.29) is 0 Å². The minimum absolute atomic E-state index is 0.862. The van der Waals surface area contributed by atoms with Gasteiger partial charge in [0, 0.05) is 0 Å². The summed E-state index contributed by atoms with van der Waals surface area (Å²) in [5.41, 5.74) is 15.3. The predicted molar refractivity (Wildman–Crippen MR) is 195 cm³/mol.